The van der Waals surface area contributed by atoms with Gasteiger partial charge in [-0.2, -0.15) is 13.2 Å². The summed E-state index contributed by atoms with van der Waals surface area (Å²) in [5.41, 5.74) is 0.520. The molecule has 1 aliphatic rings. The van der Waals surface area contributed by atoms with Crippen LogP contribution in [0.1, 0.15) is 40.7 Å². The molecule has 2 aromatic rings. The highest BCUT2D eigenvalue weighted by atomic mass is 19.4. The van der Waals surface area contributed by atoms with Gasteiger partial charge in [-0.15, -0.1) is 0 Å². The van der Waals surface area contributed by atoms with Crippen LogP contribution in [0.2, 0.25) is 0 Å². The number of rotatable bonds is 8. The van der Waals surface area contributed by atoms with E-state index in [-0.39, 0.29) is 5.56 Å². The van der Waals surface area contributed by atoms with Crippen molar-refractivity contribution >= 4 is 11.7 Å². The van der Waals surface area contributed by atoms with Crippen molar-refractivity contribution in [2.45, 2.75) is 37.5 Å². The monoisotopic (exact) mass is 436 g/mol. The van der Waals surface area contributed by atoms with E-state index in [0.29, 0.717) is 32.2 Å². The zero-order valence-electron chi connectivity index (χ0n) is 17.2. The second kappa shape index (κ2) is 9.70. The highest BCUT2D eigenvalue weighted by Crippen LogP contribution is 2.29. The Balaban J connectivity index is 1.38. The number of hydrogen-bond donors (Lipinski definition) is 3. The van der Waals surface area contributed by atoms with Crippen molar-refractivity contribution in [3.63, 3.8) is 0 Å². The summed E-state index contributed by atoms with van der Waals surface area (Å²) >= 11 is 0. The van der Waals surface area contributed by atoms with Crippen LogP contribution in [-0.4, -0.2) is 52.9 Å². The molecule has 1 heterocycles. The van der Waals surface area contributed by atoms with Gasteiger partial charge in [-0.1, -0.05) is 12.1 Å². The number of anilines is 1. The number of hydrogen-bond acceptors (Lipinski definition) is 4. The van der Waals surface area contributed by atoms with Gasteiger partial charge in [-0.05, 0) is 67.6 Å². The fraction of sp³-hybridized carbons (Fsp3) is 0.435. The second-order valence-corrected chi connectivity index (χ2v) is 8.07. The van der Waals surface area contributed by atoms with Gasteiger partial charge in [0.25, 0.3) is 0 Å². The maximum absolute atomic E-state index is 12.6. The first kappa shape index (κ1) is 23.1. The highest BCUT2D eigenvalue weighted by Gasteiger charge is 2.32. The first-order valence-corrected chi connectivity index (χ1v) is 10.3. The summed E-state index contributed by atoms with van der Waals surface area (Å²) in [5.74, 6) is -0.967. The number of nitrogens with zero attached hydrogens (tertiary/aromatic N) is 1. The van der Waals surface area contributed by atoms with Crippen LogP contribution in [0, 0.1) is 0 Å². The van der Waals surface area contributed by atoms with Gasteiger partial charge >= 0.3 is 12.1 Å². The molecule has 1 saturated heterocycles. The molecular formula is C23H27F3N2O3. The number of nitrogens with one attached hydrogen (secondary N) is 1. The predicted molar refractivity (Wildman–Crippen MR) is 112 cm³/mol. The Hall–Kier alpha value is -2.58. The van der Waals surface area contributed by atoms with Gasteiger partial charge < -0.3 is 20.4 Å². The molecule has 0 radical (unpaired) electrons. The Kier molecular flexibility index (Phi) is 7.23. The zero-order chi connectivity index (χ0) is 22.5. The van der Waals surface area contributed by atoms with Crippen LogP contribution < -0.4 is 5.32 Å². The van der Waals surface area contributed by atoms with Crippen molar-refractivity contribution < 1.29 is 28.2 Å². The van der Waals surface area contributed by atoms with Crippen LogP contribution in [0.3, 0.4) is 0 Å². The standard InChI is InChI=1S/C23H27F3N2O3/c24-23(25,26)19-5-1-17(2-6-19)9-14-28-15-11-22(31,12-16-28)10-13-27-20-7-3-18(4-8-20)21(29)30/h1-8,27,31H,9-16H2,(H,29,30). The number of halogens is 3. The van der Waals surface area contributed by atoms with Crippen molar-refractivity contribution in [2.75, 3.05) is 31.5 Å². The molecule has 0 bridgehead atoms. The summed E-state index contributed by atoms with van der Waals surface area (Å²) in [4.78, 5) is 13.1. The Morgan fingerprint density at radius 2 is 1.65 bits per heavy atom. The molecule has 3 rings (SSSR count). The van der Waals surface area contributed by atoms with E-state index in [1.807, 2.05) is 0 Å². The fourth-order valence-corrected chi connectivity index (χ4v) is 3.76. The topological polar surface area (TPSA) is 72.8 Å². The first-order valence-electron chi connectivity index (χ1n) is 10.3. The Morgan fingerprint density at radius 1 is 1.03 bits per heavy atom. The quantitative estimate of drug-likeness (QED) is 0.576. The molecule has 168 valence electrons. The number of alkyl halides is 3. The summed E-state index contributed by atoms with van der Waals surface area (Å²) in [6.07, 6.45) is -1.78. The molecule has 0 aromatic heterocycles. The van der Waals surface area contributed by atoms with Gasteiger partial charge in [0.05, 0.1) is 16.7 Å². The SMILES string of the molecule is O=C(O)c1ccc(NCCC2(O)CCN(CCc3ccc(C(F)(F)F)cc3)CC2)cc1. The van der Waals surface area contributed by atoms with Crippen LogP contribution in [0.4, 0.5) is 18.9 Å². The second-order valence-electron chi connectivity index (χ2n) is 8.07. The van der Waals surface area contributed by atoms with Crippen molar-refractivity contribution in [2.24, 2.45) is 0 Å². The lowest BCUT2D eigenvalue weighted by Crippen LogP contribution is -2.45. The summed E-state index contributed by atoms with van der Waals surface area (Å²) in [6, 6.07) is 11.8. The number of carboxylic acid groups (broad SMARTS) is 1. The number of aromatic carboxylic acids is 1. The van der Waals surface area contributed by atoms with Gasteiger partial charge in [0.2, 0.25) is 0 Å². The van der Waals surface area contributed by atoms with Crippen molar-refractivity contribution in [1.82, 2.24) is 4.90 Å². The summed E-state index contributed by atoms with van der Waals surface area (Å²) < 4.78 is 37.9. The average molecular weight is 436 g/mol. The number of carboxylic acids is 1. The van der Waals surface area contributed by atoms with Gasteiger partial charge in [0.15, 0.2) is 0 Å². The summed E-state index contributed by atoms with van der Waals surface area (Å²) in [5, 5.41) is 23.0. The number of benzene rings is 2. The van der Waals surface area contributed by atoms with Gasteiger partial charge in [-0.3, -0.25) is 0 Å². The van der Waals surface area contributed by atoms with E-state index in [1.54, 1.807) is 12.1 Å². The lowest BCUT2D eigenvalue weighted by atomic mass is 9.88. The molecule has 2 aromatic carbocycles. The Bertz CT molecular complexity index is 859. The molecular weight excluding hydrogens is 409 g/mol. The number of piperidine rings is 1. The van der Waals surface area contributed by atoms with E-state index in [1.165, 1.54) is 24.3 Å². The molecule has 3 N–H and O–H groups in total. The van der Waals surface area contributed by atoms with Crippen molar-refractivity contribution in [3.8, 4) is 0 Å². The number of likely N-dealkylation sites (tertiary alicyclic amines) is 1. The van der Waals surface area contributed by atoms with Crippen LogP contribution in [0.15, 0.2) is 48.5 Å². The van der Waals surface area contributed by atoms with Crippen molar-refractivity contribution in [3.05, 3.63) is 65.2 Å². The third kappa shape index (κ3) is 6.70. The third-order valence-electron chi connectivity index (χ3n) is 5.84. The Morgan fingerprint density at radius 3 is 2.19 bits per heavy atom. The summed E-state index contributed by atoms with van der Waals surface area (Å²) in [7, 11) is 0. The summed E-state index contributed by atoms with van der Waals surface area (Å²) in [6.45, 7) is 2.80. The lowest BCUT2D eigenvalue weighted by molar-refractivity contribution is -0.137. The molecule has 1 aliphatic heterocycles. The molecule has 0 saturated carbocycles. The van der Waals surface area contributed by atoms with E-state index in [4.69, 9.17) is 5.11 Å². The van der Waals surface area contributed by atoms with E-state index >= 15 is 0 Å². The van der Waals surface area contributed by atoms with Gasteiger partial charge in [0.1, 0.15) is 0 Å². The molecule has 0 atom stereocenters. The average Bonchev–Trinajstić information content (AvgIpc) is 2.73. The van der Waals surface area contributed by atoms with Crippen LogP contribution >= 0.6 is 0 Å². The largest absolute Gasteiger partial charge is 0.478 e. The fourth-order valence-electron chi connectivity index (χ4n) is 3.76. The van der Waals surface area contributed by atoms with E-state index < -0.39 is 23.3 Å². The molecule has 0 aliphatic carbocycles. The van der Waals surface area contributed by atoms with Crippen molar-refractivity contribution in [1.29, 1.82) is 0 Å². The van der Waals surface area contributed by atoms with Gasteiger partial charge in [0, 0.05) is 31.9 Å². The molecule has 5 nitrogen and oxygen atoms in total. The maximum Gasteiger partial charge on any atom is 0.416 e. The molecule has 0 amide bonds. The molecule has 0 spiro atoms. The maximum atomic E-state index is 12.6. The minimum atomic E-state index is -4.31. The van der Waals surface area contributed by atoms with E-state index in [9.17, 15) is 23.1 Å². The third-order valence-corrected chi connectivity index (χ3v) is 5.84. The zero-order valence-corrected chi connectivity index (χ0v) is 17.2. The van der Waals surface area contributed by atoms with Crippen LogP contribution in [0.25, 0.3) is 0 Å². The molecule has 1 fully saturated rings. The van der Waals surface area contributed by atoms with Crippen LogP contribution in [-0.2, 0) is 12.6 Å². The highest BCUT2D eigenvalue weighted by molar-refractivity contribution is 5.87. The molecule has 8 heteroatoms. The minimum Gasteiger partial charge on any atom is -0.478 e. The van der Waals surface area contributed by atoms with Crippen LogP contribution in [0.5, 0.6) is 0 Å². The smallest absolute Gasteiger partial charge is 0.416 e. The lowest BCUT2D eigenvalue weighted by Gasteiger charge is -2.38. The normalized spacial score (nSPS) is 16.8. The first-order chi connectivity index (χ1) is 14.6. The molecule has 0 unspecified atom stereocenters. The Labute approximate surface area is 179 Å². The molecule has 31 heavy (non-hydrogen) atoms. The van der Waals surface area contributed by atoms with E-state index in [0.717, 1.165) is 43.0 Å². The minimum absolute atomic E-state index is 0.229. The van der Waals surface area contributed by atoms with Gasteiger partial charge in [-0.25, -0.2) is 4.79 Å². The number of aliphatic hydroxyl groups is 1. The van der Waals surface area contributed by atoms with E-state index in [2.05, 4.69) is 10.2 Å². The number of carbonyl (C=O) groups is 1. The predicted octanol–water partition coefficient (Wildman–Crippen LogP) is 4.28.